The van der Waals surface area contributed by atoms with E-state index in [9.17, 15) is 20.0 Å². The lowest BCUT2D eigenvalue weighted by atomic mass is 9.93. The summed E-state index contributed by atoms with van der Waals surface area (Å²) in [6.45, 7) is 5.88. The van der Waals surface area contributed by atoms with E-state index in [1.807, 2.05) is 24.3 Å². The van der Waals surface area contributed by atoms with E-state index in [4.69, 9.17) is 0 Å². The molecular weight excluding hydrogens is 370 g/mol. The number of non-ortho nitro benzene ring substituents is 1. The Kier molecular flexibility index (Phi) is 5.77. The Balaban J connectivity index is 2.22. The minimum atomic E-state index is -0.742. The molecule has 0 spiro atoms. The normalized spacial score (nSPS) is 12.1. The fraction of sp³-hybridized carbons (Fsp3) is 0.273. The maximum atomic E-state index is 12.2. The highest BCUT2D eigenvalue weighted by Crippen LogP contribution is 2.39. The number of aromatic hydroxyl groups is 1. The van der Waals surface area contributed by atoms with Crippen LogP contribution in [0.1, 0.15) is 55.8 Å². The van der Waals surface area contributed by atoms with Gasteiger partial charge >= 0.3 is 0 Å². The van der Waals surface area contributed by atoms with Crippen molar-refractivity contribution >= 4 is 22.5 Å². The van der Waals surface area contributed by atoms with E-state index in [1.54, 1.807) is 19.1 Å². The molecular formula is C22H23N3O4. The van der Waals surface area contributed by atoms with Crippen molar-refractivity contribution < 1.29 is 14.8 Å². The Bertz CT molecular complexity index is 1060. The van der Waals surface area contributed by atoms with Crippen LogP contribution >= 0.6 is 0 Å². The molecule has 150 valence electrons. The third-order valence-corrected chi connectivity index (χ3v) is 4.94. The number of aromatic nitrogens is 1. The molecule has 29 heavy (non-hydrogen) atoms. The van der Waals surface area contributed by atoms with Crippen LogP contribution in [0.5, 0.6) is 5.75 Å². The van der Waals surface area contributed by atoms with Crippen LogP contribution in [0.25, 0.3) is 10.9 Å². The molecule has 0 aliphatic heterocycles. The molecule has 0 saturated carbocycles. The van der Waals surface area contributed by atoms with Gasteiger partial charge in [0.2, 0.25) is 5.91 Å². The fourth-order valence-corrected chi connectivity index (χ4v) is 3.28. The van der Waals surface area contributed by atoms with Gasteiger partial charge in [0.1, 0.15) is 11.3 Å². The first-order chi connectivity index (χ1) is 13.8. The van der Waals surface area contributed by atoms with Gasteiger partial charge in [0.15, 0.2) is 0 Å². The molecule has 7 nitrogen and oxygen atoms in total. The number of nitro benzene ring substituents is 1. The summed E-state index contributed by atoms with van der Waals surface area (Å²) < 4.78 is 0. The van der Waals surface area contributed by atoms with E-state index in [0.29, 0.717) is 5.92 Å². The Labute approximate surface area is 168 Å². The van der Waals surface area contributed by atoms with Gasteiger partial charge in [0.25, 0.3) is 5.69 Å². The number of carbonyl (C=O) groups is 1. The summed E-state index contributed by atoms with van der Waals surface area (Å²) in [5.41, 5.74) is 2.05. The molecule has 1 aromatic heterocycles. The van der Waals surface area contributed by atoms with Gasteiger partial charge in [0, 0.05) is 24.2 Å². The third-order valence-electron chi connectivity index (χ3n) is 4.94. The van der Waals surface area contributed by atoms with Crippen molar-refractivity contribution in [3.63, 3.8) is 0 Å². The predicted octanol–water partition coefficient (Wildman–Crippen LogP) is 4.59. The van der Waals surface area contributed by atoms with Crippen molar-refractivity contribution in [2.24, 2.45) is 0 Å². The zero-order chi connectivity index (χ0) is 21.1. The van der Waals surface area contributed by atoms with Crippen molar-refractivity contribution in [2.75, 3.05) is 0 Å². The van der Waals surface area contributed by atoms with Gasteiger partial charge in [-0.1, -0.05) is 45.0 Å². The SMILES string of the molecule is CCC(=O)NC(c1ccc(C(C)C)cc1)c1cc([N+](=O)[O-])c2cccnc2c1O. The fourth-order valence-electron chi connectivity index (χ4n) is 3.28. The number of carbonyl (C=O) groups excluding carboxylic acids is 1. The minimum absolute atomic E-state index is 0.131. The Morgan fingerprint density at radius 3 is 2.45 bits per heavy atom. The number of pyridine rings is 1. The number of phenolic OH excluding ortho intramolecular Hbond substituents is 1. The van der Waals surface area contributed by atoms with Crippen LogP contribution in [0, 0.1) is 10.1 Å². The summed E-state index contributed by atoms with van der Waals surface area (Å²) in [5.74, 6) is -0.0706. The third kappa shape index (κ3) is 4.03. The van der Waals surface area contributed by atoms with E-state index in [0.717, 1.165) is 11.1 Å². The first-order valence-corrected chi connectivity index (χ1v) is 9.47. The van der Waals surface area contributed by atoms with Crippen LogP contribution in [0.3, 0.4) is 0 Å². The molecule has 3 rings (SSSR count). The molecule has 1 heterocycles. The standard InChI is InChI=1S/C22H23N3O4/c1-4-19(26)24-20(15-9-7-14(8-10-15)13(2)3)17-12-18(25(28)29)16-6-5-11-23-21(16)22(17)27/h5-13,20,27H,4H2,1-3H3,(H,24,26). The number of rotatable bonds is 6. The van der Waals surface area contributed by atoms with Crippen LogP contribution in [0.15, 0.2) is 48.7 Å². The number of amides is 1. The largest absolute Gasteiger partial charge is 0.505 e. The lowest BCUT2D eigenvalue weighted by Gasteiger charge is -2.22. The average Bonchev–Trinajstić information content (AvgIpc) is 2.72. The minimum Gasteiger partial charge on any atom is -0.505 e. The van der Waals surface area contributed by atoms with Gasteiger partial charge in [-0.2, -0.15) is 0 Å². The molecule has 0 radical (unpaired) electrons. The second kappa shape index (κ2) is 8.26. The van der Waals surface area contributed by atoms with Crippen LogP contribution in [-0.2, 0) is 4.79 Å². The van der Waals surface area contributed by atoms with Gasteiger partial charge in [0.05, 0.1) is 16.4 Å². The van der Waals surface area contributed by atoms with E-state index in [1.165, 1.54) is 12.3 Å². The molecule has 0 aliphatic carbocycles. The van der Waals surface area contributed by atoms with E-state index < -0.39 is 11.0 Å². The number of hydrogen-bond acceptors (Lipinski definition) is 5. The van der Waals surface area contributed by atoms with Crippen LogP contribution in [0.4, 0.5) is 5.69 Å². The quantitative estimate of drug-likeness (QED) is 0.471. The number of benzene rings is 2. The smallest absolute Gasteiger partial charge is 0.279 e. The summed E-state index contributed by atoms with van der Waals surface area (Å²) in [7, 11) is 0. The summed E-state index contributed by atoms with van der Waals surface area (Å²) in [5, 5.41) is 25.6. The van der Waals surface area contributed by atoms with E-state index in [-0.39, 0.29) is 40.2 Å². The first kappa shape index (κ1) is 20.3. The topological polar surface area (TPSA) is 105 Å². The van der Waals surface area contributed by atoms with Crippen LogP contribution in [-0.4, -0.2) is 20.9 Å². The Morgan fingerprint density at radius 2 is 1.86 bits per heavy atom. The zero-order valence-electron chi connectivity index (χ0n) is 16.5. The lowest BCUT2D eigenvalue weighted by molar-refractivity contribution is -0.383. The van der Waals surface area contributed by atoms with Crippen molar-refractivity contribution in [1.82, 2.24) is 10.3 Å². The summed E-state index contributed by atoms with van der Waals surface area (Å²) >= 11 is 0. The first-order valence-electron chi connectivity index (χ1n) is 9.47. The van der Waals surface area contributed by atoms with Crippen molar-refractivity contribution in [2.45, 2.75) is 39.2 Å². The molecule has 7 heteroatoms. The van der Waals surface area contributed by atoms with Gasteiger partial charge in [-0.25, -0.2) is 0 Å². The van der Waals surface area contributed by atoms with Crippen LogP contribution < -0.4 is 5.32 Å². The monoisotopic (exact) mass is 393 g/mol. The molecule has 0 fully saturated rings. The summed E-state index contributed by atoms with van der Waals surface area (Å²) in [6.07, 6.45) is 1.71. The molecule has 0 bridgehead atoms. The molecule has 2 aromatic carbocycles. The Hall–Kier alpha value is -3.48. The maximum absolute atomic E-state index is 12.2. The second-order valence-electron chi connectivity index (χ2n) is 7.17. The lowest BCUT2D eigenvalue weighted by Crippen LogP contribution is -2.28. The molecule has 1 unspecified atom stereocenters. The van der Waals surface area contributed by atoms with Gasteiger partial charge in [-0.15, -0.1) is 0 Å². The molecule has 1 amide bonds. The number of phenols is 1. The highest BCUT2D eigenvalue weighted by Gasteiger charge is 2.26. The summed E-state index contributed by atoms with van der Waals surface area (Å²) in [4.78, 5) is 27.5. The summed E-state index contributed by atoms with van der Waals surface area (Å²) in [6, 6.07) is 11.3. The average molecular weight is 393 g/mol. The van der Waals surface area contributed by atoms with Gasteiger partial charge < -0.3 is 10.4 Å². The van der Waals surface area contributed by atoms with E-state index in [2.05, 4.69) is 24.1 Å². The predicted molar refractivity (Wildman–Crippen MR) is 111 cm³/mol. The molecule has 3 aromatic rings. The number of nitro groups is 1. The molecule has 0 aliphatic rings. The van der Waals surface area contributed by atoms with Gasteiger partial charge in [-0.3, -0.25) is 19.9 Å². The van der Waals surface area contributed by atoms with E-state index >= 15 is 0 Å². The Morgan fingerprint density at radius 1 is 1.21 bits per heavy atom. The van der Waals surface area contributed by atoms with Crippen molar-refractivity contribution in [3.05, 3.63) is 75.5 Å². The second-order valence-corrected chi connectivity index (χ2v) is 7.17. The number of nitrogens with one attached hydrogen (secondary N) is 1. The zero-order valence-corrected chi connectivity index (χ0v) is 16.5. The number of nitrogens with zero attached hydrogens (tertiary/aromatic N) is 2. The molecule has 2 N–H and O–H groups in total. The number of fused-ring (bicyclic) bond motifs is 1. The van der Waals surface area contributed by atoms with Crippen molar-refractivity contribution in [3.8, 4) is 5.75 Å². The van der Waals surface area contributed by atoms with Crippen LogP contribution in [0.2, 0.25) is 0 Å². The molecule has 1 atom stereocenters. The van der Waals surface area contributed by atoms with Crippen molar-refractivity contribution in [1.29, 1.82) is 0 Å². The highest BCUT2D eigenvalue weighted by molar-refractivity contribution is 5.94. The number of hydrogen-bond donors (Lipinski definition) is 2. The van der Waals surface area contributed by atoms with Gasteiger partial charge in [-0.05, 0) is 29.2 Å². The highest BCUT2D eigenvalue weighted by atomic mass is 16.6. The maximum Gasteiger partial charge on any atom is 0.279 e. The molecule has 0 saturated heterocycles.